The van der Waals surface area contributed by atoms with Crippen molar-refractivity contribution >= 4 is 16.9 Å². The first-order valence-electron chi connectivity index (χ1n) is 6.43. The van der Waals surface area contributed by atoms with E-state index in [1.54, 1.807) is 10.6 Å². The van der Waals surface area contributed by atoms with Crippen LogP contribution in [0.15, 0.2) is 41.3 Å². The average Bonchev–Trinajstić information content (AvgIpc) is 2.49. The van der Waals surface area contributed by atoms with Gasteiger partial charge in [-0.15, -0.1) is 0 Å². The summed E-state index contributed by atoms with van der Waals surface area (Å²) in [6.07, 6.45) is 1.31. The second kappa shape index (κ2) is 5.29. The monoisotopic (exact) mass is 282 g/mol. The Morgan fingerprint density at radius 2 is 2.10 bits per heavy atom. The molecule has 0 saturated heterocycles. The van der Waals surface area contributed by atoms with Crippen molar-refractivity contribution in [2.75, 3.05) is 5.43 Å². The van der Waals surface area contributed by atoms with Gasteiger partial charge >= 0.3 is 0 Å². The van der Waals surface area contributed by atoms with Crippen LogP contribution >= 0.6 is 0 Å². The summed E-state index contributed by atoms with van der Waals surface area (Å²) in [7, 11) is 0. The Labute approximate surface area is 120 Å². The van der Waals surface area contributed by atoms with Crippen molar-refractivity contribution in [3.05, 3.63) is 58.4 Å². The summed E-state index contributed by atoms with van der Waals surface area (Å²) in [4.78, 5) is 24.8. The van der Waals surface area contributed by atoms with E-state index in [1.165, 1.54) is 6.20 Å². The molecule has 0 aliphatic heterocycles. The third-order valence-corrected chi connectivity index (χ3v) is 3.10. The molecule has 0 saturated carbocycles. The Bertz CT molecular complexity index is 857. The van der Waals surface area contributed by atoms with Gasteiger partial charge < -0.3 is 5.43 Å². The third-order valence-electron chi connectivity index (χ3n) is 3.10. The maximum absolute atomic E-state index is 12.1. The lowest BCUT2D eigenvalue weighted by atomic mass is 10.3. The number of aryl methyl sites for hydroxylation is 1. The number of fused-ring (bicyclic) bond motifs is 1. The SMILES string of the molecule is Cc1cc(NN)nc(Cn2c(=O)cnc3ccccc32)n1. The van der Waals surface area contributed by atoms with E-state index in [-0.39, 0.29) is 12.1 Å². The zero-order valence-corrected chi connectivity index (χ0v) is 11.4. The molecule has 7 heteroatoms. The highest BCUT2D eigenvalue weighted by molar-refractivity contribution is 5.74. The normalized spacial score (nSPS) is 10.8. The summed E-state index contributed by atoms with van der Waals surface area (Å²) in [5.74, 6) is 6.42. The minimum Gasteiger partial charge on any atom is -0.308 e. The zero-order chi connectivity index (χ0) is 14.8. The molecule has 0 amide bonds. The number of benzene rings is 1. The molecule has 2 heterocycles. The Hall–Kier alpha value is -2.80. The molecule has 3 N–H and O–H groups in total. The molecule has 0 spiro atoms. The van der Waals surface area contributed by atoms with E-state index in [2.05, 4.69) is 20.4 Å². The first-order valence-corrected chi connectivity index (χ1v) is 6.43. The van der Waals surface area contributed by atoms with E-state index < -0.39 is 0 Å². The first kappa shape index (κ1) is 13.2. The number of nitrogens with one attached hydrogen (secondary N) is 1. The summed E-state index contributed by atoms with van der Waals surface area (Å²) in [5.41, 5.74) is 4.58. The maximum atomic E-state index is 12.1. The summed E-state index contributed by atoms with van der Waals surface area (Å²) in [6.45, 7) is 2.11. The molecule has 0 radical (unpaired) electrons. The van der Waals surface area contributed by atoms with E-state index in [1.807, 2.05) is 31.2 Å². The number of aromatic nitrogens is 4. The maximum Gasteiger partial charge on any atom is 0.269 e. The highest BCUT2D eigenvalue weighted by Crippen LogP contribution is 2.11. The van der Waals surface area contributed by atoms with E-state index in [0.717, 1.165) is 16.7 Å². The van der Waals surface area contributed by atoms with Gasteiger partial charge in [-0.3, -0.25) is 9.36 Å². The van der Waals surface area contributed by atoms with Crippen LogP contribution in [0.5, 0.6) is 0 Å². The van der Waals surface area contributed by atoms with Crippen molar-refractivity contribution in [1.29, 1.82) is 0 Å². The van der Waals surface area contributed by atoms with Crippen LogP contribution in [0.1, 0.15) is 11.5 Å². The van der Waals surface area contributed by atoms with E-state index in [0.29, 0.717) is 11.6 Å². The van der Waals surface area contributed by atoms with Gasteiger partial charge in [-0.1, -0.05) is 12.1 Å². The quantitative estimate of drug-likeness (QED) is 0.545. The Balaban J connectivity index is 2.12. The molecule has 0 fully saturated rings. The molecule has 3 aromatic rings. The van der Waals surface area contributed by atoms with Gasteiger partial charge in [0.15, 0.2) is 5.82 Å². The van der Waals surface area contributed by atoms with Crippen LogP contribution in [0.4, 0.5) is 5.82 Å². The van der Waals surface area contributed by atoms with E-state index >= 15 is 0 Å². The second-order valence-electron chi connectivity index (χ2n) is 4.63. The van der Waals surface area contributed by atoms with Gasteiger partial charge in [0.25, 0.3) is 5.56 Å². The van der Waals surface area contributed by atoms with Crippen molar-refractivity contribution in [1.82, 2.24) is 19.5 Å². The molecule has 3 rings (SSSR count). The lowest BCUT2D eigenvalue weighted by Gasteiger charge is -2.10. The van der Waals surface area contributed by atoms with Crippen molar-refractivity contribution in [2.45, 2.75) is 13.5 Å². The highest BCUT2D eigenvalue weighted by atomic mass is 16.1. The van der Waals surface area contributed by atoms with E-state index in [9.17, 15) is 4.79 Å². The summed E-state index contributed by atoms with van der Waals surface area (Å²) in [5, 5.41) is 0. The van der Waals surface area contributed by atoms with E-state index in [4.69, 9.17) is 5.84 Å². The molecule has 21 heavy (non-hydrogen) atoms. The molecular formula is C14H14N6O. The van der Waals surface area contributed by atoms with Crippen LogP contribution in [0.25, 0.3) is 11.0 Å². The minimum absolute atomic E-state index is 0.193. The molecule has 2 aromatic heterocycles. The van der Waals surface area contributed by atoms with Crippen LogP contribution in [0, 0.1) is 6.92 Å². The zero-order valence-electron chi connectivity index (χ0n) is 11.4. The van der Waals surface area contributed by atoms with Gasteiger partial charge in [0.05, 0.1) is 23.8 Å². The lowest BCUT2D eigenvalue weighted by molar-refractivity contribution is 0.733. The van der Waals surface area contributed by atoms with Gasteiger partial charge in [0, 0.05) is 11.8 Å². The van der Waals surface area contributed by atoms with Crippen LogP contribution in [0.3, 0.4) is 0 Å². The summed E-state index contributed by atoms with van der Waals surface area (Å²) >= 11 is 0. The number of nitrogen functional groups attached to an aromatic ring is 1. The number of hydrogen-bond donors (Lipinski definition) is 2. The van der Waals surface area contributed by atoms with Crippen LogP contribution in [0.2, 0.25) is 0 Å². The molecule has 106 valence electrons. The van der Waals surface area contributed by atoms with Crippen LogP contribution < -0.4 is 16.8 Å². The average molecular weight is 282 g/mol. The van der Waals surface area contributed by atoms with Crippen LogP contribution in [-0.4, -0.2) is 19.5 Å². The van der Waals surface area contributed by atoms with Crippen molar-refractivity contribution < 1.29 is 0 Å². The van der Waals surface area contributed by atoms with Gasteiger partial charge in [0.1, 0.15) is 5.82 Å². The fourth-order valence-corrected chi connectivity index (χ4v) is 2.19. The third kappa shape index (κ3) is 2.59. The molecule has 1 aromatic carbocycles. The Morgan fingerprint density at radius 1 is 1.29 bits per heavy atom. The lowest BCUT2D eigenvalue weighted by Crippen LogP contribution is -2.22. The fraction of sp³-hybridized carbons (Fsp3) is 0.143. The number of anilines is 1. The number of para-hydroxylation sites is 2. The number of rotatable bonds is 3. The van der Waals surface area contributed by atoms with Gasteiger partial charge in [-0.2, -0.15) is 0 Å². The predicted octanol–water partition coefficient (Wildman–Crippen LogP) is 0.829. The molecule has 0 bridgehead atoms. The van der Waals surface area contributed by atoms with Crippen molar-refractivity contribution in [3.8, 4) is 0 Å². The van der Waals surface area contributed by atoms with Gasteiger partial charge in [-0.05, 0) is 19.1 Å². The standard InChI is InChI=1S/C14H14N6O/c1-9-6-12(19-15)18-13(17-9)8-20-11-5-3-2-4-10(11)16-7-14(20)21/h2-7H,8,15H2,1H3,(H,17,18,19). The number of hydrazine groups is 1. The highest BCUT2D eigenvalue weighted by Gasteiger charge is 2.08. The molecule has 0 atom stereocenters. The number of nitrogens with zero attached hydrogens (tertiary/aromatic N) is 4. The fourth-order valence-electron chi connectivity index (χ4n) is 2.19. The molecule has 0 aliphatic carbocycles. The first-order chi connectivity index (χ1) is 10.2. The van der Waals surface area contributed by atoms with Crippen molar-refractivity contribution in [3.63, 3.8) is 0 Å². The smallest absolute Gasteiger partial charge is 0.269 e. The molecule has 0 aliphatic rings. The Morgan fingerprint density at radius 3 is 2.90 bits per heavy atom. The van der Waals surface area contributed by atoms with Gasteiger partial charge in [0.2, 0.25) is 0 Å². The molecule has 7 nitrogen and oxygen atoms in total. The topological polar surface area (TPSA) is 98.7 Å². The number of hydrogen-bond acceptors (Lipinski definition) is 6. The largest absolute Gasteiger partial charge is 0.308 e. The number of nitrogens with two attached hydrogens (primary N) is 1. The molecule has 0 unspecified atom stereocenters. The Kier molecular flexibility index (Phi) is 3.33. The second-order valence-corrected chi connectivity index (χ2v) is 4.63. The predicted molar refractivity (Wildman–Crippen MR) is 79.7 cm³/mol. The summed E-state index contributed by atoms with van der Waals surface area (Å²) in [6, 6.07) is 9.18. The van der Waals surface area contributed by atoms with Crippen LogP contribution in [-0.2, 0) is 6.54 Å². The summed E-state index contributed by atoms with van der Waals surface area (Å²) < 4.78 is 1.59. The van der Waals surface area contributed by atoms with Crippen molar-refractivity contribution in [2.24, 2.45) is 5.84 Å². The molecular weight excluding hydrogens is 268 g/mol. The van der Waals surface area contributed by atoms with Gasteiger partial charge in [-0.25, -0.2) is 20.8 Å². The minimum atomic E-state index is -0.193.